The molecule has 5 heteroatoms. The fourth-order valence-electron chi connectivity index (χ4n) is 2.53. The van der Waals surface area contributed by atoms with Crippen LogP contribution in [-0.4, -0.2) is 11.6 Å². The summed E-state index contributed by atoms with van der Waals surface area (Å²) < 4.78 is 5.82. The summed E-state index contributed by atoms with van der Waals surface area (Å²) in [5.41, 5.74) is 11.5. The molecule has 0 aliphatic carbocycles. The number of halogens is 1. The van der Waals surface area contributed by atoms with Crippen LogP contribution in [0.3, 0.4) is 0 Å². The number of nitrogens with one attached hydrogen (secondary N) is 1. The van der Waals surface area contributed by atoms with Crippen molar-refractivity contribution in [1.29, 1.82) is 0 Å². The van der Waals surface area contributed by atoms with Crippen LogP contribution in [0.15, 0.2) is 47.5 Å². The average Bonchev–Trinajstić information content (AvgIpc) is 2.50. The van der Waals surface area contributed by atoms with Gasteiger partial charge in [-0.05, 0) is 69.0 Å². The Morgan fingerprint density at radius 1 is 1.04 bits per heavy atom. The lowest BCUT2D eigenvalue weighted by atomic mass is 10.1. The van der Waals surface area contributed by atoms with E-state index in [9.17, 15) is 0 Å². The molecular weight excluding hydrogens is 437 g/mol. The maximum atomic E-state index is 6.02. The molecule has 0 spiro atoms. The second-order valence-corrected chi connectivity index (χ2v) is 7.42. The van der Waals surface area contributed by atoms with Crippen molar-refractivity contribution in [2.45, 2.75) is 53.4 Å². The lowest BCUT2D eigenvalue weighted by Gasteiger charge is -2.19. The van der Waals surface area contributed by atoms with Gasteiger partial charge in [-0.3, -0.25) is 0 Å². The summed E-state index contributed by atoms with van der Waals surface area (Å²) in [7, 11) is 0. The summed E-state index contributed by atoms with van der Waals surface area (Å²) in [5.74, 6) is 0.418. The number of ether oxygens (including phenoxy) is 1. The minimum Gasteiger partial charge on any atom is -0.371 e. The first kappa shape index (κ1) is 22.4. The first-order valence-electron chi connectivity index (χ1n) is 8.58. The van der Waals surface area contributed by atoms with Gasteiger partial charge in [0.1, 0.15) is 0 Å². The number of nitrogens with zero attached hydrogens (tertiary/aromatic N) is 1. The van der Waals surface area contributed by atoms with E-state index in [1.807, 2.05) is 12.1 Å². The van der Waals surface area contributed by atoms with Crippen molar-refractivity contribution in [3.05, 3.63) is 64.7 Å². The van der Waals surface area contributed by atoms with Gasteiger partial charge in [0.15, 0.2) is 5.96 Å². The van der Waals surface area contributed by atoms with Crippen molar-refractivity contribution in [2.24, 2.45) is 10.7 Å². The lowest BCUT2D eigenvalue weighted by Crippen LogP contribution is -2.22. The summed E-state index contributed by atoms with van der Waals surface area (Å²) in [5, 5.41) is 3.16. The monoisotopic (exact) mass is 467 g/mol. The average molecular weight is 467 g/mol. The maximum absolute atomic E-state index is 6.02. The predicted molar refractivity (Wildman–Crippen MR) is 121 cm³/mol. The number of hydrogen-bond acceptors (Lipinski definition) is 2. The van der Waals surface area contributed by atoms with E-state index in [0.717, 1.165) is 16.8 Å². The maximum Gasteiger partial charge on any atom is 0.193 e. The summed E-state index contributed by atoms with van der Waals surface area (Å²) >= 11 is 0. The molecule has 0 bridgehead atoms. The fourth-order valence-corrected chi connectivity index (χ4v) is 2.53. The molecule has 0 unspecified atom stereocenters. The number of hydrogen-bond donors (Lipinski definition) is 2. The topological polar surface area (TPSA) is 59.6 Å². The zero-order valence-corrected chi connectivity index (χ0v) is 18.6. The van der Waals surface area contributed by atoms with Crippen LogP contribution in [0, 0.1) is 13.8 Å². The molecule has 0 fully saturated rings. The zero-order chi connectivity index (χ0) is 18.4. The molecule has 0 aliphatic heterocycles. The summed E-state index contributed by atoms with van der Waals surface area (Å²) in [6.45, 7) is 11.4. The van der Waals surface area contributed by atoms with Crippen molar-refractivity contribution in [1.82, 2.24) is 0 Å². The highest BCUT2D eigenvalue weighted by molar-refractivity contribution is 14.0. The number of rotatable bonds is 5. The second-order valence-electron chi connectivity index (χ2n) is 7.42. The largest absolute Gasteiger partial charge is 0.371 e. The molecule has 2 aromatic carbocycles. The van der Waals surface area contributed by atoms with Crippen LogP contribution in [0.5, 0.6) is 0 Å². The van der Waals surface area contributed by atoms with E-state index in [1.54, 1.807) is 0 Å². The van der Waals surface area contributed by atoms with E-state index < -0.39 is 0 Å². The van der Waals surface area contributed by atoms with Gasteiger partial charge >= 0.3 is 0 Å². The lowest BCUT2D eigenvalue weighted by molar-refractivity contribution is -0.0149. The number of anilines is 1. The Kier molecular flexibility index (Phi) is 8.56. The molecule has 0 aliphatic rings. The van der Waals surface area contributed by atoms with E-state index in [4.69, 9.17) is 10.5 Å². The van der Waals surface area contributed by atoms with Crippen LogP contribution in [0.1, 0.15) is 43.0 Å². The van der Waals surface area contributed by atoms with Gasteiger partial charge in [-0.25, -0.2) is 4.99 Å². The smallest absolute Gasteiger partial charge is 0.193 e. The van der Waals surface area contributed by atoms with E-state index in [2.05, 4.69) is 75.3 Å². The SMILES string of the molecule is Cc1cc(C)cc(NC(N)=NCc2cccc(COC(C)(C)C)c2)c1.I. The molecule has 3 N–H and O–H groups in total. The van der Waals surface area contributed by atoms with Crippen molar-refractivity contribution in [2.75, 3.05) is 5.32 Å². The molecular formula is C21H30IN3O. The Morgan fingerprint density at radius 3 is 2.27 bits per heavy atom. The molecule has 26 heavy (non-hydrogen) atoms. The van der Waals surface area contributed by atoms with Gasteiger partial charge < -0.3 is 15.8 Å². The highest BCUT2D eigenvalue weighted by Gasteiger charge is 2.10. The summed E-state index contributed by atoms with van der Waals surface area (Å²) in [4.78, 5) is 4.44. The number of guanidine groups is 1. The molecule has 0 heterocycles. The zero-order valence-electron chi connectivity index (χ0n) is 16.3. The standard InChI is InChI=1S/C21H29N3O.HI/c1-15-9-16(2)11-19(10-15)24-20(22)23-13-17-7-6-8-18(12-17)14-25-21(3,4)5;/h6-12H,13-14H2,1-5H3,(H3,22,23,24);1H. The highest BCUT2D eigenvalue weighted by atomic mass is 127. The van der Waals surface area contributed by atoms with Crippen molar-refractivity contribution in [3.8, 4) is 0 Å². The third kappa shape index (κ3) is 8.19. The number of benzene rings is 2. The highest BCUT2D eigenvalue weighted by Crippen LogP contribution is 2.15. The third-order valence-corrected chi connectivity index (χ3v) is 3.59. The van der Waals surface area contributed by atoms with Gasteiger partial charge in [0, 0.05) is 5.69 Å². The normalized spacial score (nSPS) is 11.8. The van der Waals surface area contributed by atoms with E-state index in [1.165, 1.54) is 11.1 Å². The minimum absolute atomic E-state index is 0. The molecule has 0 saturated heterocycles. The van der Waals surface area contributed by atoms with Crippen LogP contribution in [0.2, 0.25) is 0 Å². The van der Waals surface area contributed by atoms with E-state index in [-0.39, 0.29) is 29.6 Å². The first-order valence-corrected chi connectivity index (χ1v) is 8.58. The molecule has 0 saturated carbocycles. The Morgan fingerprint density at radius 2 is 1.65 bits per heavy atom. The number of aliphatic imine (C=N–C) groups is 1. The van der Waals surface area contributed by atoms with Gasteiger partial charge in [-0.15, -0.1) is 24.0 Å². The van der Waals surface area contributed by atoms with Crippen LogP contribution in [-0.2, 0) is 17.9 Å². The predicted octanol–water partition coefficient (Wildman–Crippen LogP) is 5.16. The Labute approximate surface area is 174 Å². The van der Waals surface area contributed by atoms with E-state index >= 15 is 0 Å². The van der Waals surface area contributed by atoms with Crippen molar-refractivity contribution < 1.29 is 4.74 Å². The van der Waals surface area contributed by atoms with Crippen molar-refractivity contribution in [3.63, 3.8) is 0 Å². The van der Waals surface area contributed by atoms with Gasteiger partial charge in [0.25, 0.3) is 0 Å². The molecule has 0 aromatic heterocycles. The van der Waals surface area contributed by atoms with Gasteiger partial charge in [-0.1, -0.05) is 30.3 Å². The molecule has 2 aromatic rings. The van der Waals surface area contributed by atoms with Crippen LogP contribution >= 0.6 is 24.0 Å². The molecule has 0 radical (unpaired) electrons. The Hall–Kier alpha value is -1.60. The van der Waals surface area contributed by atoms with Crippen LogP contribution in [0.4, 0.5) is 5.69 Å². The van der Waals surface area contributed by atoms with Gasteiger partial charge in [-0.2, -0.15) is 0 Å². The molecule has 142 valence electrons. The Balaban J connectivity index is 0.00000338. The third-order valence-electron chi connectivity index (χ3n) is 3.59. The van der Waals surface area contributed by atoms with Crippen LogP contribution in [0.25, 0.3) is 0 Å². The van der Waals surface area contributed by atoms with Crippen LogP contribution < -0.4 is 11.1 Å². The second kappa shape index (κ2) is 9.92. The molecule has 0 amide bonds. The summed E-state index contributed by atoms with van der Waals surface area (Å²) in [6, 6.07) is 14.5. The first-order chi connectivity index (χ1) is 11.7. The molecule has 4 nitrogen and oxygen atoms in total. The van der Waals surface area contributed by atoms with Gasteiger partial charge in [0.05, 0.1) is 18.8 Å². The van der Waals surface area contributed by atoms with E-state index in [0.29, 0.717) is 19.1 Å². The molecule has 0 atom stereocenters. The minimum atomic E-state index is -0.144. The molecule has 2 rings (SSSR count). The van der Waals surface area contributed by atoms with Crippen molar-refractivity contribution >= 4 is 35.6 Å². The van der Waals surface area contributed by atoms with Gasteiger partial charge in [0.2, 0.25) is 0 Å². The quantitative estimate of drug-likeness (QED) is 0.363. The fraction of sp³-hybridized carbons (Fsp3) is 0.381. The Bertz CT molecular complexity index is 731. The number of nitrogens with two attached hydrogens (primary N) is 1. The number of aryl methyl sites for hydroxylation is 2. The summed E-state index contributed by atoms with van der Waals surface area (Å²) in [6.07, 6.45) is 0.